The van der Waals surface area contributed by atoms with Gasteiger partial charge in [0.05, 0.1) is 4.90 Å². The first-order chi connectivity index (χ1) is 9.25. The van der Waals surface area contributed by atoms with Gasteiger partial charge in [0.15, 0.2) is 15.8 Å². The zero-order valence-corrected chi connectivity index (χ0v) is 12.0. The van der Waals surface area contributed by atoms with Gasteiger partial charge in [-0.2, -0.15) is 4.99 Å². The predicted octanol–water partition coefficient (Wildman–Crippen LogP) is 0.622. The number of nitrogens with two attached hydrogens (primary N) is 2. The lowest BCUT2D eigenvalue weighted by Gasteiger charge is -2.08. The van der Waals surface area contributed by atoms with Gasteiger partial charge in [-0.3, -0.25) is 4.79 Å². The second-order valence-corrected chi connectivity index (χ2v) is 6.25. The molecule has 0 heterocycles. The fourth-order valence-corrected chi connectivity index (χ4v) is 2.67. The number of hydrogen-bond donors (Lipinski definition) is 2. The number of aliphatic imine (C=N–C) groups is 1. The van der Waals surface area contributed by atoms with E-state index in [9.17, 15) is 13.2 Å². The summed E-state index contributed by atoms with van der Waals surface area (Å²) in [5.41, 5.74) is 11.0. The molecule has 0 unspecified atom stereocenters. The van der Waals surface area contributed by atoms with Crippen molar-refractivity contribution in [2.45, 2.75) is 17.7 Å². The van der Waals surface area contributed by atoms with Crippen LogP contribution in [0.4, 0.5) is 0 Å². The molecule has 0 aliphatic carbocycles. The average Bonchev–Trinajstić information content (AvgIpc) is 2.34. The Morgan fingerprint density at radius 3 is 2.55 bits per heavy atom. The maximum Gasteiger partial charge on any atom is 0.280 e. The van der Waals surface area contributed by atoms with Crippen molar-refractivity contribution in [3.63, 3.8) is 0 Å². The summed E-state index contributed by atoms with van der Waals surface area (Å²) in [7, 11) is -3.45. The van der Waals surface area contributed by atoms with Crippen LogP contribution in [0.1, 0.15) is 22.3 Å². The summed E-state index contributed by atoms with van der Waals surface area (Å²) in [5, 5.41) is 0. The van der Waals surface area contributed by atoms with E-state index in [1.165, 1.54) is 12.1 Å². The smallest absolute Gasteiger partial charge is 0.280 e. The maximum absolute atomic E-state index is 11.8. The number of allylic oxidation sites excluding steroid dienone is 1. The van der Waals surface area contributed by atoms with E-state index in [4.69, 9.17) is 11.5 Å². The van der Waals surface area contributed by atoms with Crippen LogP contribution in [-0.4, -0.2) is 26.5 Å². The van der Waals surface area contributed by atoms with E-state index in [1.807, 2.05) is 0 Å². The molecule has 0 aromatic heterocycles. The van der Waals surface area contributed by atoms with Crippen LogP contribution in [0.15, 0.2) is 40.7 Å². The van der Waals surface area contributed by atoms with E-state index in [0.717, 1.165) is 6.26 Å². The normalized spacial score (nSPS) is 10.8. The van der Waals surface area contributed by atoms with E-state index < -0.39 is 15.7 Å². The molecule has 0 aliphatic rings. The first kappa shape index (κ1) is 15.9. The first-order valence-corrected chi connectivity index (χ1v) is 7.72. The molecule has 0 radical (unpaired) electrons. The third-order valence-electron chi connectivity index (χ3n) is 2.56. The summed E-state index contributed by atoms with van der Waals surface area (Å²) >= 11 is 0. The van der Waals surface area contributed by atoms with Gasteiger partial charge in [0.2, 0.25) is 0 Å². The van der Waals surface area contributed by atoms with Gasteiger partial charge >= 0.3 is 0 Å². The highest BCUT2D eigenvalue weighted by molar-refractivity contribution is 7.90. The molecule has 1 amide bonds. The Kier molecular flexibility index (Phi) is 5.04. The van der Waals surface area contributed by atoms with Gasteiger partial charge in [0.1, 0.15) is 0 Å². The third kappa shape index (κ3) is 4.20. The summed E-state index contributed by atoms with van der Waals surface area (Å²) in [6, 6.07) is 4.39. The minimum atomic E-state index is -3.45. The lowest BCUT2D eigenvalue weighted by molar-refractivity contribution is 0.100. The minimum Gasteiger partial charge on any atom is -0.370 e. The van der Waals surface area contributed by atoms with Crippen LogP contribution in [0.3, 0.4) is 0 Å². The van der Waals surface area contributed by atoms with Crippen LogP contribution in [0.25, 0.3) is 0 Å². The van der Waals surface area contributed by atoms with Crippen molar-refractivity contribution in [1.82, 2.24) is 0 Å². The van der Waals surface area contributed by atoms with Crippen LogP contribution < -0.4 is 11.5 Å². The first-order valence-electron chi connectivity index (χ1n) is 5.83. The molecular formula is C13H17N3O3S. The largest absolute Gasteiger partial charge is 0.370 e. The number of aryl methyl sites for hydroxylation is 1. The molecule has 0 saturated heterocycles. The fourth-order valence-electron chi connectivity index (χ4n) is 1.68. The SMILES string of the molecule is C=CCCc1ccc(C(=O)N=C(N)N)cc1S(C)(=O)=O. The fraction of sp³-hybridized carbons (Fsp3) is 0.231. The van der Waals surface area contributed by atoms with Crippen molar-refractivity contribution < 1.29 is 13.2 Å². The van der Waals surface area contributed by atoms with Gasteiger partial charge in [-0.15, -0.1) is 6.58 Å². The van der Waals surface area contributed by atoms with Crippen molar-refractivity contribution in [2.24, 2.45) is 16.5 Å². The third-order valence-corrected chi connectivity index (χ3v) is 3.74. The number of carbonyl (C=O) groups is 1. The molecule has 0 saturated carbocycles. The Morgan fingerprint density at radius 2 is 2.05 bits per heavy atom. The van der Waals surface area contributed by atoms with E-state index in [0.29, 0.717) is 18.4 Å². The Balaban J connectivity index is 3.31. The maximum atomic E-state index is 11.8. The number of rotatable bonds is 5. The lowest BCUT2D eigenvalue weighted by Crippen LogP contribution is -2.24. The molecule has 0 atom stereocenters. The molecular weight excluding hydrogens is 278 g/mol. The molecule has 1 aromatic rings. The van der Waals surface area contributed by atoms with E-state index in [2.05, 4.69) is 11.6 Å². The molecule has 0 aliphatic heterocycles. The van der Waals surface area contributed by atoms with Crippen molar-refractivity contribution in [1.29, 1.82) is 0 Å². The van der Waals surface area contributed by atoms with Gasteiger partial charge in [0, 0.05) is 11.8 Å². The van der Waals surface area contributed by atoms with E-state index in [-0.39, 0.29) is 16.4 Å². The number of guanidine groups is 1. The van der Waals surface area contributed by atoms with Crippen LogP contribution in [0.2, 0.25) is 0 Å². The highest BCUT2D eigenvalue weighted by Gasteiger charge is 2.16. The quantitative estimate of drug-likeness (QED) is 0.469. The molecule has 4 N–H and O–H groups in total. The number of hydrogen-bond acceptors (Lipinski definition) is 3. The van der Waals surface area contributed by atoms with Crippen LogP contribution in [0.5, 0.6) is 0 Å². The average molecular weight is 295 g/mol. The van der Waals surface area contributed by atoms with E-state index in [1.54, 1.807) is 12.1 Å². The van der Waals surface area contributed by atoms with Crippen LogP contribution in [-0.2, 0) is 16.3 Å². The molecule has 108 valence electrons. The molecule has 1 rings (SSSR count). The number of amides is 1. The van der Waals surface area contributed by atoms with Gasteiger partial charge in [-0.05, 0) is 30.5 Å². The number of carbonyl (C=O) groups excluding carboxylic acids is 1. The van der Waals surface area contributed by atoms with E-state index >= 15 is 0 Å². The number of nitrogens with zero attached hydrogens (tertiary/aromatic N) is 1. The second-order valence-electron chi connectivity index (χ2n) is 4.26. The van der Waals surface area contributed by atoms with Crippen molar-refractivity contribution in [2.75, 3.05) is 6.26 Å². The topological polar surface area (TPSA) is 116 Å². The van der Waals surface area contributed by atoms with Gasteiger partial charge in [-0.25, -0.2) is 8.42 Å². The zero-order valence-electron chi connectivity index (χ0n) is 11.2. The predicted molar refractivity (Wildman–Crippen MR) is 78.2 cm³/mol. The Hall–Kier alpha value is -2.15. The second kappa shape index (κ2) is 6.33. The summed E-state index contributed by atoms with van der Waals surface area (Å²) in [5.74, 6) is -1.04. The zero-order chi connectivity index (χ0) is 15.3. The molecule has 0 spiro atoms. The van der Waals surface area contributed by atoms with Crippen molar-refractivity contribution in [3.05, 3.63) is 42.0 Å². The number of benzene rings is 1. The lowest BCUT2D eigenvalue weighted by atomic mass is 10.1. The molecule has 0 bridgehead atoms. The summed E-state index contributed by atoms with van der Waals surface area (Å²) < 4.78 is 23.6. The Labute approximate surface area is 118 Å². The monoisotopic (exact) mass is 295 g/mol. The van der Waals surface area contributed by atoms with Gasteiger partial charge < -0.3 is 11.5 Å². The summed E-state index contributed by atoms with van der Waals surface area (Å²) in [4.78, 5) is 15.2. The van der Waals surface area contributed by atoms with Crippen molar-refractivity contribution >= 4 is 21.7 Å². The Bertz CT molecular complexity index is 659. The van der Waals surface area contributed by atoms with Crippen molar-refractivity contribution in [3.8, 4) is 0 Å². The summed E-state index contributed by atoms with van der Waals surface area (Å²) in [6.07, 6.45) is 3.96. The number of sulfone groups is 1. The van der Waals surface area contributed by atoms with Gasteiger partial charge in [0.25, 0.3) is 5.91 Å². The van der Waals surface area contributed by atoms with Crippen LogP contribution in [0, 0.1) is 0 Å². The minimum absolute atomic E-state index is 0.107. The van der Waals surface area contributed by atoms with Gasteiger partial charge in [-0.1, -0.05) is 12.1 Å². The standard InChI is InChI=1S/C13H17N3O3S/c1-3-4-5-9-6-7-10(12(17)16-13(14)15)8-11(9)20(2,18)19/h3,6-8H,1,4-5H2,2H3,(H4,14,15,16,17). The molecule has 6 nitrogen and oxygen atoms in total. The summed E-state index contributed by atoms with van der Waals surface area (Å²) in [6.45, 7) is 3.60. The highest BCUT2D eigenvalue weighted by atomic mass is 32.2. The molecule has 7 heteroatoms. The molecule has 20 heavy (non-hydrogen) atoms. The Morgan fingerprint density at radius 1 is 1.40 bits per heavy atom. The molecule has 0 fully saturated rings. The molecule has 1 aromatic carbocycles. The van der Waals surface area contributed by atoms with Crippen LogP contribution >= 0.6 is 0 Å². The highest BCUT2D eigenvalue weighted by Crippen LogP contribution is 2.20.